The summed E-state index contributed by atoms with van der Waals surface area (Å²) < 4.78 is 9.91. The average Bonchev–Trinajstić information content (AvgIpc) is 2.44. The van der Waals surface area contributed by atoms with Crippen LogP contribution in [-0.4, -0.2) is 64.9 Å². The molecule has 4 N–H and O–H groups in total. The number of hydrogen-bond donors (Lipinski definition) is 4. The van der Waals surface area contributed by atoms with E-state index in [0.717, 1.165) is 0 Å². The van der Waals surface area contributed by atoms with Crippen LogP contribution in [0.15, 0.2) is 6.07 Å². The maximum Gasteiger partial charge on any atom is 0.229 e. The van der Waals surface area contributed by atoms with Gasteiger partial charge in [0.2, 0.25) is 17.7 Å². The van der Waals surface area contributed by atoms with Crippen LogP contribution in [0.4, 0.5) is 5.95 Å². The minimum absolute atomic E-state index is 0.0725. The molecule has 0 unspecified atom stereocenters. The lowest BCUT2D eigenvalue weighted by Crippen LogP contribution is -2.49. The van der Waals surface area contributed by atoms with E-state index in [1.54, 1.807) is 0 Å². The van der Waals surface area contributed by atoms with Crippen LogP contribution in [-0.2, 0) is 0 Å². The first-order valence-corrected chi connectivity index (χ1v) is 5.21. The standard InChI is InChI=1S/C10H17N3O5/c1-17-7-3-8(18-2)12-9(11-7)13-10(4-14,5-15)6-16/h3,14-16H,4-6H2,1-2H3,(H,11,12,13). The Hall–Kier alpha value is -1.64. The number of ether oxygens (including phenoxy) is 2. The van der Waals surface area contributed by atoms with E-state index in [0.29, 0.717) is 0 Å². The molecule has 0 amide bonds. The zero-order valence-electron chi connectivity index (χ0n) is 10.3. The van der Waals surface area contributed by atoms with Gasteiger partial charge in [0.15, 0.2) is 0 Å². The predicted octanol–water partition coefficient (Wildman–Crippen LogP) is -1.38. The van der Waals surface area contributed by atoms with Crippen molar-refractivity contribution >= 4 is 5.95 Å². The van der Waals surface area contributed by atoms with E-state index in [1.165, 1.54) is 20.3 Å². The Morgan fingerprint density at radius 3 is 1.83 bits per heavy atom. The molecule has 8 heteroatoms. The minimum atomic E-state index is -1.31. The second-order valence-corrected chi connectivity index (χ2v) is 3.66. The van der Waals surface area contributed by atoms with Gasteiger partial charge in [-0.2, -0.15) is 9.97 Å². The van der Waals surface area contributed by atoms with Crippen LogP contribution in [0.5, 0.6) is 11.8 Å². The van der Waals surface area contributed by atoms with Crippen molar-refractivity contribution in [3.8, 4) is 11.8 Å². The van der Waals surface area contributed by atoms with Crippen LogP contribution in [0.2, 0.25) is 0 Å². The van der Waals surface area contributed by atoms with E-state index in [-0.39, 0.29) is 17.7 Å². The second-order valence-electron chi connectivity index (χ2n) is 3.66. The first-order chi connectivity index (χ1) is 8.62. The summed E-state index contributed by atoms with van der Waals surface area (Å²) in [6, 6.07) is 1.48. The Kier molecular flexibility index (Phi) is 5.08. The predicted molar refractivity (Wildman–Crippen MR) is 62.7 cm³/mol. The number of aromatic nitrogens is 2. The van der Waals surface area contributed by atoms with Gasteiger partial charge in [-0.25, -0.2) is 0 Å². The summed E-state index contributed by atoms with van der Waals surface area (Å²) >= 11 is 0. The van der Waals surface area contributed by atoms with E-state index < -0.39 is 25.4 Å². The molecule has 1 rings (SSSR count). The number of aliphatic hydroxyl groups is 3. The number of anilines is 1. The van der Waals surface area contributed by atoms with Crippen LogP contribution in [0.1, 0.15) is 0 Å². The third-order valence-electron chi connectivity index (χ3n) is 2.38. The molecule has 0 aromatic carbocycles. The molecule has 0 spiro atoms. The van der Waals surface area contributed by atoms with Gasteiger partial charge in [0.25, 0.3) is 0 Å². The summed E-state index contributed by atoms with van der Waals surface area (Å²) in [5.74, 6) is 0.586. The van der Waals surface area contributed by atoms with Crippen molar-refractivity contribution in [1.29, 1.82) is 0 Å². The van der Waals surface area contributed by atoms with Gasteiger partial charge < -0.3 is 30.1 Å². The molecule has 0 fully saturated rings. The number of aliphatic hydroxyl groups excluding tert-OH is 3. The smallest absolute Gasteiger partial charge is 0.229 e. The summed E-state index contributed by atoms with van der Waals surface area (Å²) in [6.45, 7) is -1.45. The third-order valence-corrected chi connectivity index (χ3v) is 2.38. The van der Waals surface area contributed by atoms with Gasteiger partial charge in [0, 0.05) is 0 Å². The molecule has 0 aliphatic rings. The molecular weight excluding hydrogens is 242 g/mol. The highest BCUT2D eigenvalue weighted by atomic mass is 16.5. The normalized spacial score (nSPS) is 11.2. The lowest BCUT2D eigenvalue weighted by molar-refractivity contribution is 0.0827. The van der Waals surface area contributed by atoms with Crippen LogP contribution in [0, 0.1) is 0 Å². The van der Waals surface area contributed by atoms with Crippen molar-refractivity contribution in [3.63, 3.8) is 0 Å². The molecule has 102 valence electrons. The lowest BCUT2D eigenvalue weighted by atomic mass is 10.0. The first-order valence-electron chi connectivity index (χ1n) is 5.21. The topological polar surface area (TPSA) is 117 Å². The monoisotopic (exact) mass is 259 g/mol. The van der Waals surface area contributed by atoms with Gasteiger partial charge in [-0.3, -0.25) is 0 Å². The number of rotatable bonds is 7. The lowest BCUT2D eigenvalue weighted by Gasteiger charge is -2.28. The molecular formula is C10H17N3O5. The Bertz CT molecular complexity index is 353. The summed E-state index contributed by atoms with van der Waals surface area (Å²) in [5.41, 5.74) is -1.31. The molecule has 0 saturated heterocycles. The number of methoxy groups -OCH3 is 2. The van der Waals surface area contributed by atoms with E-state index >= 15 is 0 Å². The van der Waals surface area contributed by atoms with E-state index in [4.69, 9.17) is 9.47 Å². The van der Waals surface area contributed by atoms with Crippen molar-refractivity contribution < 1.29 is 24.8 Å². The molecule has 1 aromatic rings. The van der Waals surface area contributed by atoms with Crippen LogP contribution in [0.25, 0.3) is 0 Å². The molecule has 0 bridgehead atoms. The fourth-order valence-corrected chi connectivity index (χ4v) is 1.17. The van der Waals surface area contributed by atoms with E-state index in [1.807, 2.05) is 0 Å². The van der Waals surface area contributed by atoms with Crippen LogP contribution in [0.3, 0.4) is 0 Å². The molecule has 0 radical (unpaired) electrons. The summed E-state index contributed by atoms with van der Waals surface area (Å²) in [4.78, 5) is 7.94. The van der Waals surface area contributed by atoms with Gasteiger partial charge in [-0.15, -0.1) is 0 Å². The quantitative estimate of drug-likeness (QED) is 0.473. The summed E-state index contributed by atoms with van der Waals surface area (Å²) in [6.07, 6.45) is 0. The maximum atomic E-state index is 9.19. The Balaban J connectivity index is 3.01. The molecule has 0 atom stereocenters. The Morgan fingerprint density at radius 2 is 1.50 bits per heavy atom. The average molecular weight is 259 g/mol. The Morgan fingerprint density at radius 1 is 1.06 bits per heavy atom. The highest BCUT2D eigenvalue weighted by Crippen LogP contribution is 2.19. The highest BCUT2D eigenvalue weighted by molar-refractivity contribution is 5.36. The fraction of sp³-hybridized carbons (Fsp3) is 0.600. The van der Waals surface area contributed by atoms with Crippen molar-refractivity contribution in [2.45, 2.75) is 5.54 Å². The molecule has 0 saturated carbocycles. The van der Waals surface area contributed by atoms with Crippen molar-refractivity contribution in [2.24, 2.45) is 0 Å². The molecule has 18 heavy (non-hydrogen) atoms. The molecule has 0 aliphatic carbocycles. The number of nitrogens with zero attached hydrogens (tertiary/aromatic N) is 2. The van der Waals surface area contributed by atoms with Gasteiger partial charge >= 0.3 is 0 Å². The molecule has 1 aromatic heterocycles. The number of hydrogen-bond acceptors (Lipinski definition) is 8. The van der Waals surface area contributed by atoms with Crippen LogP contribution >= 0.6 is 0 Å². The number of nitrogens with one attached hydrogen (secondary N) is 1. The fourth-order valence-electron chi connectivity index (χ4n) is 1.17. The van der Waals surface area contributed by atoms with Gasteiger partial charge in [0.05, 0.1) is 40.1 Å². The second kappa shape index (κ2) is 6.34. The summed E-state index contributed by atoms with van der Waals surface area (Å²) in [7, 11) is 2.87. The first kappa shape index (κ1) is 14.4. The highest BCUT2D eigenvalue weighted by Gasteiger charge is 2.29. The minimum Gasteiger partial charge on any atom is -0.481 e. The van der Waals surface area contributed by atoms with E-state index in [9.17, 15) is 15.3 Å². The summed E-state index contributed by atoms with van der Waals surface area (Å²) in [5, 5.41) is 30.2. The van der Waals surface area contributed by atoms with Crippen molar-refractivity contribution in [1.82, 2.24) is 9.97 Å². The van der Waals surface area contributed by atoms with Gasteiger partial charge in [-0.05, 0) is 0 Å². The van der Waals surface area contributed by atoms with Crippen molar-refractivity contribution in [3.05, 3.63) is 6.07 Å². The molecule has 0 aliphatic heterocycles. The maximum absolute atomic E-state index is 9.19. The third kappa shape index (κ3) is 3.19. The van der Waals surface area contributed by atoms with Crippen molar-refractivity contribution in [2.75, 3.05) is 39.4 Å². The molecule has 1 heterocycles. The van der Waals surface area contributed by atoms with Gasteiger partial charge in [-0.1, -0.05) is 0 Å². The SMILES string of the molecule is COc1cc(OC)nc(NC(CO)(CO)CO)n1. The van der Waals surface area contributed by atoms with Gasteiger partial charge in [0.1, 0.15) is 5.54 Å². The van der Waals surface area contributed by atoms with Crippen LogP contribution < -0.4 is 14.8 Å². The molecule has 8 nitrogen and oxygen atoms in total. The zero-order valence-corrected chi connectivity index (χ0v) is 10.3. The van der Waals surface area contributed by atoms with E-state index in [2.05, 4.69) is 15.3 Å². The Labute approximate surface area is 104 Å². The largest absolute Gasteiger partial charge is 0.481 e. The zero-order chi connectivity index (χ0) is 13.6.